The molecule has 1 amide bonds. The summed E-state index contributed by atoms with van der Waals surface area (Å²) in [4.78, 5) is 28.6. The number of nitrogens with zero attached hydrogens (tertiary/aromatic N) is 2. The first kappa shape index (κ1) is 25.4. The van der Waals surface area contributed by atoms with Crippen LogP contribution in [0.4, 0.5) is 33.5 Å². The van der Waals surface area contributed by atoms with Crippen molar-refractivity contribution in [2.45, 2.75) is 38.4 Å². The molecule has 0 atom stereocenters. The average molecular weight is 486 g/mol. The predicted molar refractivity (Wildman–Crippen MR) is 113 cm³/mol. The molecule has 0 fully saturated rings. The molecule has 0 aromatic heterocycles. The van der Waals surface area contributed by atoms with Gasteiger partial charge in [-0.3, -0.25) is 9.74 Å². The Labute approximate surface area is 192 Å². The van der Waals surface area contributed by atoms with E-state index in [4.69, 9.17) is 0 Å². The molecule has 184 valence electrons. The molecule has 2 aromatic rings. The molecule has 0 unspecified atom stereocenters. The van der Waals surface area contributed by atoms with Crippen molar-refractivity contribution in [1.29, 1.82) is 0 Å². The van der Waals surface area contributed by atoms with E-state index in [2.05, 4.69) is 4.94 Å². The van der Waals surface area contributed by atoms with Crippen LogP contribution in [0.3, 0.4) is 0 Å². The lowest BCUT2D eigenvalue weighted by molar-refractivity contribution is -0.183. The minimum atomic E-state index is -5.20. The lowest BCUT2D eigenvalue weighted by Gasteiger charge is -2.33. The second-order valence-electron chi connectivity index (χ2n) is 7.84. The number of rotatable bonds is 8. The molecule has 0 saturated carbocycles. The molecule has 0 saturated heterocycles. The number of amides is 1. The van der Waals surface area contributed by atoms with Gasteiger partial charge in [-0.2, -0.15) is 13.2 Å². The highest BCUT2D eigenvalue weighted by molar-refractivity contribution is 5.97. The molecule has 0 radical (unpaired) electrons. The molecule has 0 spiro atoms. The average Bonchev–Trinajstić information content (AvgIpc) is 2.81. The van der Waals surface area contributed by atoms with Crippen molar-refractivity contribution in [2.24, 2.45) is 0 Å². The van der Waals surface area contributed by atoms with Crippen molar-refractivity contribution >= 4 is 23.3 Å². The number of aliphatic hydroxyl groups is 1. The first-order chi connectivity index (χ1) is 16.2. The highest BCUT2D eigenvalue weighted by Gasteiger charge is 2.43. The summed E-state index contributed by atoms with van der Waals surface area (Å²) in [6.07, 6.45) is -4.58. The number of fused-ring (bicyclic) bond motifs is 1. The number of carbonyl (C=O) groups excluding carboxylic acids is 2. The van der Waals surface area contributed by atoms with Gasteiger partial charge in [0.1, 0.15) is 5.82 Å². The number of β-amino-alcohol motifs (C(OH)–C–C–N with tert-alkyl or cyclic N) is 1. The van der Waals surface area contributed by atoms with E-state index in [-0.39, 0.29) is 24.3 Å². The van der Waals surface area contributed by atoms with Crippen molar-refractivity contribution in [3.63, 3.8) is 0 Å². The Morgan fingerprint density at radius 2 is 1.91 bits per heavy atom. The van der Waals surface area contributed by atoms with Gasteiger partial charge in [0.25, 0.3) is 0 Å². The molecular weight excluding hydrogens is 463 g/mol. The van der Waals surface area contributed by atoms with Crippen LogP contribution in [0.25, 0.3) is 0 Å². The largest absolute Gasteiger partial charge is 0.471 e. The number of halogens is 5. The van der Waals surface area contributed by atoms with Crippen LogP contribution >= 0.6 is 0 Å². The molecule has 1 heterocycles. The van der Waals surface area contributed by atoms with Gasteiger partial charge in [-0.05, 0) is 54.2 Å². The van der Waals surface area contributed by atoms with E-state index in [1.165, 1.54) is 0 Å². The second-order valence-corrected chi connectivity index (χ2v) is 7.84. The van der Waals surface area contributed by atoms with Crippen molar-refractivity contribution in [3.05, 3.63) is 58.9 Å². The number of hydrogen-bond donors (Lipinski definition) is 1. The van der Waals surface area contributed by atoms with Gasteiger partial charge in [0, 0.05) is 29.0 Å². The second kappa shape index (κ2) is 10.8. The van der Waals surface area contributed by atoms with Crippen LogP contribution < -0.4 is 9.80 Å². The normalized spacial score (nSPS) is 13.4. The van der Waals surface area contributed by atoms with Crippen LogP contribution in [0.15, 0.2) is 36.4 Å². The maximum Gasteiger partial charge on any atom is 0.471 e. The third kappa shape index (κ3) is 5.82. The highest BCUT2D eigenvalue weighted by atomic mass is 19.4. The Morgan fingerprint density at radius 1 is 1.15 bits per heavy atom. The zero-order valence-electron chi connectivity index (χ0n) is 18.1. The Morgan fingerprint density at radius 3 is 2.56 bits per heavy atom. The fourth-order valence-electron chi connectivity index (χ4n) is 4.06. The van der Waals surface area contributed by atoms with Crippen molar-refractivity contribution in [1.82, 2.24) is 0 Å². The van der Waals surface area contributed by atoms with Gasteiger partial charge in [0.2, 0.25) is 0 Å². The maximum absolute atomic E-state index is 14.6. The molecule has 2 aromatic carbocycles. The van der Waals surface area contributed by atoms with Gasteiger partial charge in [-0.1, -0.05) is 18.2 Å². The number of aryl methyl sites for hydroxylation is 1. The first-order valence-corrected chi connectivity index (χ1v) is 10.6. The Kier molecular flexibility index (Phi) is 8.08. The van der Waals surface area contributed by atoms with Crippen LogP contribution in [0.2, 0.25) is 0 Å². The van der Waals surface area contributed by atoms with E-state index in [0.29, 0.717) is 30.0 Å². The summed E-state index contributed by atoms with van der Waals surface area (Å²) in [7, 11) is 0. The van der Waals surface area contributed by atoms with Crippen LogP contribution in [-0.2, 0) is 33.9 Å². The van der Waals surface area contributed by atoms with Crippen LogP contribution in [0.5, 0.6) is 0 Å². The summed E-state index contributed by atoms with van der Waals surface area (Å²) in [5.74, 6) is -4.30. The molecular formula is C23H23F5N2O4. The fourth-order valence-corrected chi connectivity index (χ4v) is 4.06. The van der Waals surface area contributed by atoms with Crippen LogP contribution in [-0.4, -0.2) is 42.9 Å². The number of alkyl halides is 3. The summed E-state index contributed by atoms with van der Waals surface area (Å²) in [5.41, 5.74) is 1.68. The van der Waals surface area contributed by atoms with Gasteiger partial charge in [0.05, 0.1) is 19.6 Å². The zero-order chi connectivity index (χ0) is 24.9. The van der Waals surface area contributed by atoms with Gasteiger partial charge in [0.15, 0.2) is 0 Å². The number of carbonyl (C=O) groups is 2. The van der Waals surface area contributed by atoms with E-state index in [0.717, 1.165) is 35.9 Å². The molecule has 1 N–H and O–H groups in total. The molecule has 0 bridgehead atoms. The molecule has 3 rings (SSSR count). The fraction of sp³-hybridized carbons (Fsp3) is 0.391. The van der Waals surface area contributed by atoms with Crippen molar-refractivity contribution in [2.75, 3.05) is 29.5 Å². The molecule has 1 aliphatic rings. The summed E-state index contributed by atoms with van der Waals surface area (Å²) in [5, 5.41) is 9.30. The van der Waals surface area contributed by atoms with Gasteiger partial charge >= 0.3 is 18.1 Å². The molecule has 6 nitrogen and oxygen atoms in total. The Hall–Kier alpha value is -3.21. The monoisotopic (exact) mass is 486 g/mol. The molecule has 11 heteroatoms. The summed E-state index contributed by atoms with van der Waals surface area (Å²) >= 11 is 0. The van der Waals surface area contributed by atoms with Crippen molar-refractivity contribution < 1.29 is 41.7 Å². The van der Waals surface area contributed by atoms with E-state index < -0.39 is 36.8 Å². The summed E-state index contributed by atoms with van der Waals surface area (Å²) < 4.78 is 66.7. The quantitative estimate of drug-likeness (QED) is 0.571. The van der Waals surface area contributed by atoms with Gasteiger partial charge < -0.3 is 14.9 Å². The lowest BCUT2D eigenvalue weighted by atomic mass is 9.95. The number of benzene rings is 2. The smallest absolute Gasteiger partial charge is 0.395 e. The predicted octanol–water partition coefficient (Wildman–Crippen LogP) is 4.03. The Balaban J connectivity index is 1.95. The number of aliphatic hydroxyl groups excluding tert-OH is 1. The first-order valence-electron chi connectivity index (χ1n) is 10.6. The van der Waals surface area contributed by atoms with E-state index in [1.807, 2.05) is 4.90 Å². The highest BCUT2D eigenvalue weighted by Crippen LogP contribution is 2.33. The third-order valence-corrected chi connectivity index (χ3v) is 5.66. The van der Waals surface area contributed by atoms with Crippen LogP contribution in [0, 0.1) is 5.82 Å². The minimum Gasteiger partial charge on any atom is -0.395 e. The standard InChI is InChI=1S/C23H23F5N2O4/c24-19-13-17(8-6-15(19)7-9-21(32)34-28)30(22(33)23(25,26)27)14-16-3-1-5-20-18(16)4-2-10-29(20)11-12-31/h1,3,5-6,8,13,31H,2,4,7,9-12,14H2. The third-order valence-electron chi connectivity index (χ3n) is 5.66. The summed E-state index contributed by atoms with van der Waals surface area (Å²) in [6.45, 7) is 0.521. The van der Waals surface area contributed by atoms with Gasteiger partial charge in [-0.15, -0.1) is 0 Å². The molecule has 34 heavy (non-hydrogen) atoms. The molecule has 1 aliphatic heterocycles. The lowest BCUT2D eigenvalue weighted by Crippen LogP contribution is -2.41. The van der Waals surface area contributed by atoms with Crippen LogP contribution in [0.1, 0.15) is 29.5 Å². The number of anilines is 2. The van der Waals surface area contributed by atoms with Gasteiger partial charge in [-0.25, -0.2) is 9.18 Å². The maximum atomic E-state index is 14.6. The minimum absolute atomic E-state index is 0.0368. The number of hydrogen-bond acceptors (Lipinski definition) is 5. The molecule has 0 aliphatic carbocycles. The zero-order valence-corrected chi connectivity index (χ0v) is 18.1. The summed E-state index contributed by atoms with van der Waals surface area (Å²) in [6, 6.07) is 8.17. The van der Waals surface area contributed by atoms with E-state index in [1.54, 1.807) is 18.2 Å². The SMILES string of the molecule is O=C(CCc1ccc(N(Cc2cccc3c2CCCN3CCO)C(=O)C(F)(F)F)cc1F)OF. The topological polar surface area (TPSA) is 70.1 Å². The van der Waals surface area contributed by atoms with E-state index >= 15 is 0 Å². The van der Waals surface area contributed by atoms with Crippen molar-refractivity contribution in [3.8, 4) is 0 Å². The van der Waals surface area contributed by atoms with E-state index in [9.17, 15) is 36.8 Å². The Bertz CT molecular complexity index is 1040.